The lowest BCUT2D eigenvalue weighted by atomic mass is 10.1. The molecule has 0 fully saturated rings. The Morgan fingerprint density at radius 1 is 0.900 bits per heavy atom. The maximum atomic E-state index is 12.6. The number of hydrogen-bond donors (Lipinski definition) is 2. The maximum Gasteiger partial charge on any atom is 0.270 e. The Hall–Kier alpha value is -3.87. The lowest BCUT2D eigenvalue weighted by Gasteiger charge is -2.08. The summed E-state index contributed by atoms with van der Waals surface area (Å²) < 4.78 is 16.3. The Kier molecular flexibility index (Phi) is 5.79. The molecular weight excluding hydrogens is 380 g/mol. The van der Waals surface area contributed by atoms with Crippen LogP contribution < -0.4 is 10.6 Å². The smallest absolute Gasteiger partial charge is 0.270 e. The lowest BCUT2D eigenvalue weighted by Crippen LogP contribution is -2.27. The molecular formula is C23H22N4O3. The van der Waals surface area contributed by atoms with Crippen LogP contribution in [0.4, 0.5) is 0 Å². The van der Waals surface area contributed by atoms with Gasteiger partial charge in [0, 0.05) is 24.7 Å². The van der Waals surface area contributed by atoms with Crippen LogP contribution in [0, 0.1) is 6.92 Å². The summed E-state index contributed by atoms with van der Waals surface area (Å²) in [4.78, 5) is 44.2. The molecule has 7 nitrogen and oxygen atoms in total. The molecule has 152 valence electrons. The summed E-state index contributed by atoms with van der Waals surface area (Å²) in [5.41, 5.74) is 2.44. The molecule has 7 heteroatoms. The van der Waals surface area contributed by atoms with Crippen LogP contribution in [0.2, 0.25) is 0 Å². The average Bonchev–Trinajstić information content (AvgIpc) is 2.77. The van der Waals surface area contributed by atoms with Crippen molar-refractivity contribution in [2.45, 2.75) is 26.9 Å². The van der Waals surface area contributed by atoms with Crippen molar-refractivity contribution in [3.8, 4) is 0 Å². The number of aryl methyl sites for hydroxylation is 1. The van der Waals surface area contributed by atoms with Crippen molar-refractivity contribution in [1.82, 2.24) is 20.6 Å². The van der Waals surface area contributed by atoms with Gasteiger partial charge in [-0.1, -0.05) is 54.1 Å². The topological polar surface area (TPSA) is 101 Å². The number of rotatable bonds is 7. The molecule has 2 amide bonds. The number of benzene rings is 2. The molecule has 0 atom stereocenters. The van der Waals surface area contributed by atoms with Crippen molar-refractivity contribution in [2.75, 3.05) is 0 Å². The maximum absolute atomic E-state index is 12.6. The number of Topliss-reactive ketones (excluding diaryl/α,β-unsaturated/α-hetero) is 1. The summed E-state index contributed by atoms with van der Waals surface area (Å²) in [6.45, 7) is 1.45. The number of carbonyl (C=O) groups excluding carboxylic acids is 3. The minimum absolute atomic E-state index is 0.0100. The third kappa shape index (κ3) is 5.57. The van der Waals surface area contributed by atoms with Crippen LogP contribution in [0.3, 0.4) is 0 Å². The monoisotopic (exact) mass is 404 g/mol. The normalized spacial score (nSPS) is 11.8. The van der Waals surface area contributed by atoms with E-state index >= 15 is 0 Å². The first kappa shape index (κ1) is 18.2. The molecule has 0 saturated carbocycles. The minimum atomic E-state index is -2.22. The largest absolute Gasteiger partial charge is 0.347 e. The van der Waals surface area contributed by atoms with Crippen LogP contribution in [-0.2, 0) is 13.0 Å². The highest BCUT2D eigenvalue weighted by atomic mass is 16.2. The van der Waals surface area contributed by atoms with Crippen molar-refractivity contribution in [3.63, 3.8) is 0 Å². The van der Waals surface area contributed by atoms with Gasteiger partial charge >= 0.3 is 0 Å². The second kappa shape index (κ2) is 9.56. The summed E-state index contributed by atoms with van der Waals surface area (Å²) in [6, 6.07) is 14.7. The molecule has 0 radical (unpaired) electrons. The Balaban J connectivity index is 1.68. The SMILES string of the molecule is [2H]C([2H])(NC(=O)c1cc(C(=O)NCc2cccc(C)c2)ncn1)c1ccc(C(C)=O)cc1. The number of aromatic nitrogens is 2. The number of nitrogens with one attached hydrogen (secondary N) is 2. The van der Waals surface area contributed by atoms with Crippen molar-refractivity contribution in [3.05, 3.63) is 94.6 Å². The van der Waals surface area contributed by atoms with E-state index in [-0.39, 0.29) is 22.7 Å². The van der Waals surface area contributed by atoms with E-state index in [1.165, 1.54) is 37.3 Å². The van der Waals surface area contributed by atoms with Crippen LogP contribution in [0.15, 0.2) is 60.9 Å². The van der Waals surface area contributed by atoms with E-state index in [9.17, 15) is 14.4 Å². The second-order valence-electron chi connectivity index (χ2n) is 6.67. The predicted octanol–water partition coefficient (Wildman–Crippen LogP) is 2.85. The molecule has 1 aromatic heterocycles. The quantitative estimate of drug-likeness (QED) is 0.590. The molecule has 3 aromatic rings. The van der Waals surface area contributed by atoms with Crippen molar-refractivity contribution in [2.24, 2.45) is 0 Å². The average molecular weight is 404 g/mol. The molecule has 0 saturated heterocycles. The van der Waals surface area contributed by atoms with Gasteiger partial charge in [0.05, 0.1) is 2.74 Å². The van der Waals surface area contributed by atoms with E-state index in [0.717, 1.165) is 17.5 Å². The van der Waals surface area contributed by atoms with Gasteiger partial charge in [0.1, 0.15) is 17.7 Å². The van der Waals surface area contributed by atoms with Gasteiger partial charge in [0.25, 0.3) is 11.8 Å². The van der Waals surface area contributed by atoms with Crippen LogP contribution >= 0.6 is 0 Å². The van der Waals surface area contributed by atoms with Crippen LogP contribution in [0.5, 0.6) is 0 Å². The van der Waals surface area contributed by atoms with Crippen molar-refractivity contribution < 1.29 is 17.1 Å². The molecule has 30 heavy (non-hydrogen) atoms. The Bertz CT molecular complexity index is 1160. The summed E-state index contributed by atoms with van der Waals surface area (Å²) >= 11 is 0. The van der Waals surface area contributed by atoms with Gasteiger partial charge in [-0.2, -0.15) is 0 Å². The first-order chi connectivity index (χ1) is 15.2. The standard InChI is InChI=1S/C23H22N4O3/c1-15-4-3-5-18(10-15)13-25-23(30)21-11-20(26-14-27-21)22(29)24-12-17-6-8-19(9-7-17)16(2)28/h3-11,14H,12-13H2,1-2H3,(H,24,29)(H,25,30)/i12D2. The van der Waals surface area contributed by atoms with E-state index < -0.39 is 18.3 Å². The van der Waals surface area contributed by atoms with Gasteiger partial charge in [0.2, 0.25) is 0 Å². The Morgan fingerprint density at radius 3 is 2.20 bits per heavy atom. The fourth-order valence-electron chi connectivity index (χ4n) is 2.68. The highest BCUT2D eigenvalue weighted by Crippen LogP contribution is 2.07. The predicted molar refractivity (Wildman–Crippen MR) is 112 cm³/mol. The first-order valence-corrected chi connectivity index (χ1v) is 9.25. The van der Waals surface area contributed by atoms with Gasteiger partial charge in [-0.15, -0.1) is 0 Å². The molecule has 3 rings (SSSR count). The van der Waals surface area contributed by atoms with Crippen LogP contribution in [0.25, 0.3) is 0 Å². The highest BCUT2D eigenvalue weighted by Gasteiger charge is 2.13. The summed E-state index contributed by atoms with van der Waals surface area (Å²) in [5, 5.41) is 4.99. The highest BCUT2D eigenvalue weighted by molar-refractivity contribution is 5.97. The van der Waals surface area contributed by atoms with E-state index in [0.29, 0.717) is 12.1 Å². The molecule has 0 bridgehead atoms. The first-order valence-electron chi connectivity index (χ1n) is 10.3. The van der Waals surface area contributed by atoms with Crippen molar-refractivity contribution >= 4 is 17.6 Å². The molecule has 1 heterocycles. The van der Waals surface area contributed by atoms with Gasteiger partial charge in [-0.25, -0.2) is 9.97 Å². The van der Waals surface area contributed by atoms with E-state index in [1.807, 2.05) is 31.2 Å². The van der Waals surface area contributed by atoms with E-state index in [4.69, 9.17) is 2.74 Å². The van der Waals surface area contributed by atoms with Crippen molar-refractivity contribution in [1.29, 1.82) is 0 Å². The van der Waals surface area contributed by atoms with Gasteiger partial charge in [0.15, 0.2) is 5.78 Å². The molecule has 0 unspecified atom stereocenters. The summed E-state index contributed by atoms with van der Waals surface area (Å²) in [7, 11) is 0. The summed E-state index contributed by atoms with van der Waals surface area (Å²) in [5.74, 6) is -1.43. The van der Waals surface area contributed by atoms with E-state index in [1.54, 1.807) is 0 Å². The zero-order valence-electron chi connectivity index (χ0n) is 18.6. The van der Waals surface area contributed by atoms with Gasteiger partial charge in [-0.3, -0.25) is 14.4 Å². The fourth-order valence-corrected chi connectivity index (χ4v) is 2.68. The number of hydrogen-bond acceptors (Lipinski definition) is 5. The number of amides is 2. The number of carbonyl (C=O) groups is 3. The van der Waals surface area contributed by atoms with E-state index in [2.05, 4.69) is 20.6 Å². The lowest BCUT2D eigenvalue weighted by molar-refractivity contribution is 0.0942. The molecule has 0 spiro atoms. The fraction of sp³-hybridized carbons (Fsp3) is 0.174. The zero-order chi connectivity index (χ0) is 23.3. The zero-order valence-corrected chi connectivity index (χ0v) is 16.6. The Morgan fingerprint density at radius 2 is 1.57 bits per heavy atom. The third-order valence-corrected chi connectivity index (χ3v) is 4.28. The molecule has 2 N–H and O–H groups in total. The number of nitrogens with zero attached hydrogens (tertiary/aromatic N) is 2. The molecule has 2 aromatic carbocycles. The van der Waals surface area contributed by atoms with Gasteiger partial charge < -0.3 is 10.6 Å². The van der Waals surface area contributed by atoms with Crippen LogP contribution in [-0.4, -0.2) is 27.6 Å². The minimum Gasteiger partial charge on any atom is -0.347 e. The third-order valence-electron chi connectivity index (χ3n) is 4.28. The van der Waals surface area contributed by atoms with Crippen LogP contribution in [0.1, 0.15) is 57.7 Å². The Labute approximate surface area is 177 Å². The molecule has 0 aliphatic carbocycles. The van der Waals surface area contributed by atoms with Gasteiger partial charge in [-0.05, 0) is 25.0 Å². The second-order valence-corrected chi connectivity index (χ2v) is 6.67. The number of ketones is 1. The summed E-state index contributed by atoms with van der Waals surface area (Å²) in [6.07, 6.45) is 1.08. The molecule has 0 aliphatic rings. The molecule has 0 aliphatic heterocycles.